The largest absolute Gasteiger partial charge is 0.326 e. The van der Waals surface area contributed by atoms with Crippen LogP contribution in [0.4, 0.5) is 10.1 Å². The minimum absolute atomic E-state index is 0.128. The molecule has 1 aliphatic heterocycles. The average molecular weight is 519 g/mol. The number of hydrogen-bond donors (Lipinski definition) is 1. The van der Waals surface area contributed by atoms with Crippen molar-refractivity contribution in [2.45, 2.75) is 23.3 Å². The fourth-order valence-electron chi connectivity index (χ4n) is 4.48. The maximum Gasteiger partial charge on any atom is 0.238 e. The molecule has 2 aliphatic rings. The van der Waals surface area contributed by atoms with Gasteiger partial charge >= 0.3 is 0 Å². The molecule has 2 aromatic carbocycles. The molecule has 7 nitrogen and oxygen atoms in total. The Kier molecular flexibility index (Phi) is 6.99. The van der Waals surface area contributed by atoms with Crippen LogP contribution in [0.1, 0.15) is 24.8 Å². The number of sulfonamides is 1. The second kappa shape index (κ2) is 9.67. The van der Waals surface area contributed by atoms with Crippen molar-refractivity contribution >= 4 is 37.0 Å². The molecule has 10 heteroatoms. The zero-order valence-corrected chi connectivity index (χ0v) is 20.9. The lowest BCUT2D eigenvalue weighted by Gasteiger charge is -2.38. The van der Waals surface area contributed by atoms with Crippen molar-refractivity contribution in [1.29, 1.82) is 0 Å². The van der Waals surface area contributed by atoms with Crippen LogP contribution in [-0.2, 0) is 24.7 Å². The second-order valence-electron chi connectivity index (χ2n) is 8.85. The van der Waals surface area contributed by atoms with Crippen molar-refractivity contribution in [3.63, 3.8) is 0 Å². The van der Waals surface area contributed by atoms with Gasteiger partial charge in [-0.2, -0.15) is 4.31 Å². The zero-order valence-electron chi connectivity index (χ0n) is 19.2. The van der Waals surface area contributed by atoms with E-state index in [4.69, 9.17) is 0 Å². The summed E-state index contributed by atoms with van der Waals surface area (Å²) in [7, 11) is -8.46. The third-order valence-corrected chi connectivity index (χ3v) is 11.8. The molecular formula is C25H27FN2O5S2. The highest BCUT2D eigenvalue weighted by molar-refractivity contribution is 8.09. The Balaban J connectivity index is 1.57. The van der Waals surface area contributed by atoms with Crippen molar-refractivity contribution in [2.24, 2.45) is 5.92 Å². The van der Waals surface area contributed by atoms with E-state index in [9.17, 15) is 26.0 Å². The molecule has 1 amide bonds. The minimum atomic E-state index is -4.37. The summed E-state index contributed by atoms with van der Waals surface area (Å²) in [4.78, 5) is 12.8. The molecule has 1 heterocycles. The van der Waals surface area contributed by atoms with Crippen LogP contribution in [-0.4, -0.2) is 50.5 Å². The van der Waals surface area contributed by atoms with Gasteiger partial charge in [-0.05, 0) is 54.3 Å². The molecule has 2 aromatic rings. The van der Waals surface area contributed by atoms with E-state index in [-0.39, 0.29) is 19.5 Å². The van der Waals surface area contributed by atoms with E-state index in [1.165, 1.54) is 30.3 Å². The van der Waals surface area contributed by atoms with Gasteiger partial charge in [0.25, 0.3) is 0 Å². The highest BCUT2D eigenvalue weighted by atomic mass is 32.3. The number of piperidine rings is 1. The summed E-state index contributed by atoms with van der Waals surface area (Å²) < 4.78 is 65.6. The van der Waals surface area contributed by atoms with Crippen LogP contribution in [0, 0.1) is 11.7 Å². The van der Waals surface area contributed by atoms with E-state index in [1.54, 1.807) is 12.2 Å². The van der Waals surface area contributed by atoms with Crippen molar-refractivity contribution in [3.05, 3.63) is 84.2 Å². The van der Waals surface area contributed by atoms with E-state index in [0.29, 0.717) is 18.5 Å². The molecular weight excluding hydrogens is 491 g/mol. The molecule has 2 atom stereocenters. The fraction of sp³-hybridized carbons (Fsp3) is 0.320. The molecule has 0 saturated carbocycles. The number of benzene rings is 2. The Morgan fingerprint density at radius 1 is 1.06 bits per heavy atom. The van der Waals surface area contributed by atoms with Crippen LogP contribution in [0.5, 0.6) is 0 Å². The molecule has 1 fully saturated rings. The average Bonchev–Trinajstić information content (AvgIpc) is 2.85. The smallest absolute Gasteiger partial charge is 0.238 e. The van der Waals surface area contributed by atoms with Gasteiger partial charge in [0.05, 0.1) is 5.92 Å². The maximum atomic E-state index is 13.8. The number of allylic oxidation sites excluding steroid dienone is 3. The highest BCUT2D eigenvalue weighted by Crippen LogP contribution is 2.39. The SMILES string of the molecule is CS(=O)(=O)C1(S(=O)(=O)N2CCC[C@@H](C(=O)Nc3ccc(F)cc3)C2)C=CC(c2ccccc2)=CC1. The molecule has 1 aliphatic carbocycles. The standard InChI is InChI=1S/C25H27FN2O5S2/c1-34(30,31)25(15-13-20(14-16-25)19-6-3-2-4-7-19)35(32,33)28-17-5-8-21(18-28)24(29)27-23-11-9-22(26)10-12-23/h2-4,6-7,9-15,21H,5,8,16-18H2,1H3,(H,27,29)/t21-,25?/m1/s1. The van der Waals surface area contributed by atoms with Gasteiger partial charge in [-0.3, -0.25) is 4.79 Å². The van der Waals surface area contributed by atoms with Gasteiger partial charge in [-0.15, -0.1) is 0 Å². The molecule has 0 radical (unpaired) electrons. The van der Waals surface area contributed by atoms with Crippen LogP contribution in [0.2, 0.25) is 0 Å². The van der Waals surface area contributed by atoms with Crippen molar-refractivity contribution in [1.82, 2.24) is 4.31 Å². The van der Waals surface area contributed by atoms with E-state index >= 15 is 0 Å². The first kappa shape index (κ1) is 25.3. The quantitative estimate of drug-likeness (QED) is 0.630. The van der Waals surface area contributed by atoms with Gasteiger partial charge in [0.2, 0.25) is 20.0 Å². The number of carbonyl (C=O) groups excluding carboxylic acids is 1. The van der Waals surface area contributed by atoms with Crippen LogP contribution in [0.25, 0.3) is 5.57 Å². The molecule has 186 valence electrons. The van der Waals surface area contributed by atoms with Gasteiger partial charge in [0.15, 0.2) is 9.84 Å². The number of sulfone groups is 1. The normalized spacial score (nSPS) is 23.5. The Labute approximate surface area is 205 Å². The van der Waals surface area contributed by atoms with Crippen LogP contribution < -0.4 is 5.32 Å². The zero-order chi connectivity index (χ0) is 25.3. The van der Waals surface area contributed by atoms with Gasteiger partial charge in [-0.1, -0.05) is 42.5 Å². The first-order valence-corrected chi connectivity index (χ1v) is 14.6. The lowest BCUT2D eigenvalue weighted by atomic mass is 9.98. The Morgan fingerprint density at radius 2 is 1.74 bits per heavy atom. The monoisotopic (exact) mass is 518 g/mol. The predicted molar refractivity (Wildman–Crippen MR) is 134 cm³/mol. The van der Waals surface area contributed by atoms with E-state index < -0.39 is 41.6 Å². The Morgan fingerprint density at radius 3 is 2.34 bits per heavy atom. The summed E-state index contributed by atoms with van der Waals surface area (Å²) in [6.07, 6.45) is 6.02. The van der Waals surface area contributed by atoms with Gasteiger partial charge in [-0.25, -0.2) is 21.2 Å². The molecule has 35 heavy (non-hydrogen) atoms. The Hall–Kier alpha value is -2.82. The molecule has 0 bridgehead atoms. The van der Waals surface area contributed by atoms with E-state index in [1.807, 2.05) is 30.3 Å². The number of halogens is 1. The summed E-state index contributed by atoms with van der Waals surface area (Å²) in [6.45, 7) is -0.00123. The highest BCUT2D eigenvalue weighted by Gasteiger charge is 2.54. The van der Waals surface area contributed by atoms with Crippen molar-refractivity contribution < 1.29 is 26.0 Å². The molecule has 0 spiro atoms. The number of hydrogen-bond acceptors (Lipinski definition) is 5. The number of nitrogens with one attached hydrogen (secondary N) is 1. The number of rotatable bonds is 6. The topological polar surface area (TPSA) is 101 Å². The number of anilines is 1. The molecule has 0 aromatic heterocycles. The number of carbonyl (C=O) groups is 1. The minimum Gasteiger partial charge on any atom is -0.326 e. The number of amides is 1. The summed E-state index contributed by atoms with van der Waals surface area (Å²) in [6, 6.07) is 14.6. The van der Waals surface area contributed by atoms with Crippen LogP contribution >= 0.6 is 0 Å². The second-order valence-corrected chi connectivity index (χ2v) is 13.6. The summed E-state index contributed by atoms with van der Waals surface area (Å²) in [5.74, 6) is -1.49. The third-order valence-electron chi connectivity index (χ3n) is 6.50. The third kappa shape index (κ3) is 4.96. The van der Waals surface area contributed by atoms with Gasteiger partial charge in [0.1, 0.15) is 5.82 Å². The van der Waals surface area contributed by atoms with Gasteiger partial charge < -0.3 is 5.32 Å². The van der Waals surface area contributed by atoms with E-state index in [0.717, 1.165) is 21.7 Å². The van der Waals surface area contributed by atoms with Crippen molar-refractivity contribution in [3.8, 4) is 0 Å². The maximum absolute atomic E-state index is 13.8. The van der Waals surface area contributed by atoms with Gasteiger partial charge in [0, 0.05) is 31.5 Å². The van der Waals surface area contributed by atoms with Crippen LogP contribution in [0.15, 0.2) is 72.8 Å². The summed E-state index contributed by atoms with van der Waals surface area (Å²) in [5, 5.41) is 2.69. The Bertz CT molecular complexity index is 1370. The first-order valence-electron chi connectivity index (χ1n) is 11.2. The molecule has 1 saturated heterocycles. The molecule has 4 rings (SSSR count). The molecule has 1 unspecified atom stereocenters. The van der Waals surface area contributed by atoms with Crippen molar-refractivity contribution in [2.75, 3.05) is 24.7 Å². The van der Waals surface area contributed by atoms with Crippen LogP contribution in [0.3, 0.4) is 0 Å². The summed E-state index contributed by atoms with van der Waals surface area (Å²) in [5.41, 5.74) is 2.01. The van der Waals surface area contributed by atoms with E-state index in [2.05, 4.69) is 5.32 Å². The lowest BCUT2D eigenvalue weighted by molar-refractivity contribution is -0.120. The molecule has 1 N–H and O–H groups in total. The summed E-state index contributed by atoms with van der Waals surface area (Å²) >= 11 is 0. The lowest BCUT2D eigenvalue weighted by Crippen LogP contribution is -2.55. The fourth-order valence-corrected chi connectivity index (χ4v) is 8.74. The predicted octanol–water partition coefficient (Wildman–Crippen LogP) is 3.59. The first-order chi connectivity index (χ1) is 16.5. The number of nitrogens with zero attached hydrogens (tertiary/aromatic N) is 1.